The normalized spacial score (nSPS) is 16.4. The minimum absolute atomic E-state index is 0.228. The molecular formula is C25H25F3N2O3S. The molecule has 4 rings (SSSR count). The SMILES string of the molecule is Cc1cc(OCc2sc(-c3ccc(C(F)(F)F)cc3)nc2COC2CCCCO2)ccc1C=N. The van der Waals surface area contributed by atoms with Crippen LogP contribution in [0.3, 0.4) is 0 Å². The Labute approximate surface area is 200 Å². The second-order valence-corrected chi connectivity index (χ2v) is 9.11. The van der Waals surface area contributed by atoms with Crippen LogP contribution >= 0.6 is 11.3 Å². The van der Waals surface area contributed by atoms with E-state index < -0.39 is 11.7 Å². The number of halogens is 3. The lowest BCUT2D eigenvalue weighted by Gasteiger charge is -2.22. The maximum atomic E-state index is 12.9. The summed E-state index contributed by atoms with van der Waals surface area (Å²) in [4.78, 5) is 5.49. The highest BCUT2D eigenvalue weighted by atomic mass is 32.1. The fourth-order valence-corrected chi connectivity index (χ4v) is 4.58. The highest BCUT2D eigenvalue weighted by Gasteiger charge is 2.30. The Hall–Kier alpha value is -2.75. The van der Waals surface area contributed by atoms with Crippen LogP contribution in [0.15, 0.2) is 42.5 Å². The molecule has 5 nitrogen and oxygen atoms in total. The van der Waals surface area contributed by atoms with Crippen LogP contribution in [0.4, 0.5) is 13.2 Å². The molecule has 0 spiro atoms. The fourth-order valence-electron chi connectivity index (χ4n) is 3.60. The van der Waals surface area contributed by atoms with Gasteiger partial charge in [0.25, 0.3) is 0 Å². The molecule has 2 aromatic carbocycles. The summed E-state index contributed by atoms with van der Waals surface area (Å²) in [5, 5.41) is 8.03. The average Bonchev–Trinajstić information content (AvgIpc) is 3.25. The molecule has 1 aromatic heterocycles. The van der Waals surface area contributed by atoms with Crippen LogP contribution in [0.5, 0.6) is 5.75 Å². The van der Waals surface area contributed by atoms with Gasteiger partial charge in [-0.05, 0) is 67.6 Å². The molecule has 1 fully saturated rings. The van der Waals surface area contributed by atoms with Crippen molar-refractivity contribution in [3.8, 4) is 16.3 Å². The van der Waals surface area contributed by atoms with Gasteiger partial charge >= 0.3 is 6.18 Å². The van der Waals surface area contributed by atoms with E-state index in [9.17, 15) is 13.2 Å². The highest BCUT2D eigenvalue weighted by Crippen LogP contribution is 2.34. The Morgan fingerprint density at radius 2 is 1.94 bits per heavy atom. The third-order valence-corrected chi connectivity index (χ3v) is 6.67. The van der Waals surface area contributed by atoms with E-state index in [1.165, 1.54) is 29.7 Å². The van der Waals surface area contributed by atoms with Gasteiger partial charge in [0.2, 0.25) is 0 Å². The molecule has 0 saturated carbocycles. The maximum Gasteiger partial charge on any atom is 0.416 e. The second kappa shape index (κ2) is 10.7. The second-order valence-electron chi connectivity index (χ2n) is 8.02. The Kier molecular flexibility index (Phi) is 7.65. The topological polar surface area (TPSA) is 64.4 Å². The van der Waals surface area contributed by atoms with E-state index in [1.807, 2.05) is 19.1 Å². The third kappa shape index (κ3) is 6.02. The number of alkyl halides is 3. The van der Waals surface area contributed by atoms with Crippen molar-refractivity contribution in [2.45, 2.75) is 51.9 Å². The van der Waals surface area contributed by atoms with Gasteiger partial charge in [0, 0.05) is 18.4 Å². The minimum atomic E-state index is -4.38. The smallest absolute Gasteiger partial charge is 0.416 e. The van der Waals surface area contributed by atoms with E-state index in [2.05, 4.69) is 4.98 Å². The lowest BCUT2D eigenvalue weighted by molar-refractivity contribution is -0.169. The molecule has 1 N–H and O–H groups in total. The van der Waals surface area contributed by atoms with Crippen molar-refractivity contribution >= 4 is 17.6 Å². The molecule has 0 bridgehead atoms. The summed E-state index contributed by atoms with van der Waals surface area (Å²) in [5.74, 6) is 0.662. The van der Waals surface area contributed by atoms with Gasteiger partial charge in [-0.15, -0.1) is 11.3 Å². The summed E-state index contributed by atoms with van der Waals surface area (Å²) in [6.07, 6.45) is -0.495. The van der Waals surface area contributed by atoms with E-state index >= 15 is 0 Å². The number of aryl methyl sites for hydroxylation is 1. The van der Waals surface area contributed by atoms with Crippen LogP contribution in [-0.2, 0) is 28.9 Å². The van der Waals surface area contributed by atoms with Crippen molar-refractivity contribution in [2.75, 3.05) is 6.61 Å². The third-order valence-electron chi connectivity index (χ3n) is 5.55. The summed E-state index contributed by atoms with van der Waals surface area (Å²) in [5.41, 5.74) is 2.34. The molecule has 1 aliphatic heterocycles. The molecule has 1 atom stereocenters. The van der Waals surface area contributed by atoms with Crippen LogP contribution in [0.2, 0.25) is 0 Å². The Balaban J connectivity index is 1.54. The molecule has 9 heteroatoms. The number of hydrogen-bond donors (Lipinski definition) is 1. The average molecular weight is 491 g/mol. The first-order valence-corrected chi connectivity index (χ1v) is 11.8. The van der Waals surface area contributed by atoms with Crippen molar-refractivity contribution in [3.05, 3.63) is 69.7 Å². The Morgan fingerprint density at radius 1 is 1.15 bits per heavy atom. The first-order chi connectivity index (χ1) is 16.3. The number of nitrogens with zero attached hydrogens (tertiary/aromatic N) is 1. The Morgan fingerprint density at radius 3 is 2.59 bits per heavy atom. The molecule has 34 heavy (non-hydrogen) atoms. The van der Waals surface area contributed by atoms with Crippen molar-refractivity contribution in [2.24, 2.45) is 0 Å². The number of thiazole rings is 1. The number of hydrogen-bond acceptors (Lipinski definition) is 6. The molecule has 3 aromatic rings. The van der Waals surface area contributed by atoms with Crippen LogP contribution in [0, 0.1) is 12.3 Å². The zero-order chi connectivity index (χ0) is 24.1. The van der Waals surface area contributed by atoms with Crippen LogP contribution in [0.1, 0.15) is 46.5 Å². The number of benzene rings is 2. The van der Waals surface area contributed by atoms with Crippen molar-refractivity contribution in [3.63, 3.8) is 0 Å². The van der Waals surface area contributed by atoms with Gasteiger partial charge in [0.15, 0.2) is 6.29 Å². The van der Waals surface area contributed by atoms with Gasteiger partial charge in [-0.1, -0.05) is 12.1 Å². The van der Waals surface area contributed by atoms with E-state index in [4.69, 9.17) is 19.6 Å². The molecule has 0 radical (unpaired) electrons. The first kappa shape index (κ1) is 24.4. The molecule has 0 amide bonds. The minimum Gasteiger partial charge on any atom is -0.488 e. The summed E-state index contributed by atoms with van der Waals surface area (Å²) in [7, 11) is 0. The van der Waals surface area contributed by atoms with Crippen molar-refractivity contribution < 1.29 is 27.4 Å². The summed E-state index contributed by atoms with van der Waals surface area (Å²) < 4.78 is 56.3. The zero-order valence-electron chi connectivity index (χ0n) is 18.7. The zero-order valence-corrected chi connectivity index (χ0v) is 19.5. The predicted octanol–water partition coefficient (Wildman–Crippen LogP) is 6.76. The molecular weight excluding hydrogens is 465 g/mol. The quantitative estimate of drug-likeness (QED) is 0.355. The number of nitrogens with one attached hydrogen (secondary N) is 1. The Bertz CT molecular complexity index is 1120. The molecule has 180 valence electrons. The number of ether oxygens (including phenoxy) is 3. The van der Waals surface area contributed by atoms with Gasteiger partial charge in [0.05, 0.1) is 22.7 Å². The molecule has 2 heterocycles. The fraction of sp³-hybridized carbons (Fsp3) is 0.360. The van der Waals surface area contributed by atoms with Gasteiger partial charge in [-0.2, -0.15) is 13.2 Å². The first-order valence-electron chi connectivity index (χ1n) is 11.0. The van der Waals surface area contributed by atoms with E-state index in [0.29, 0.717) is 28.6 Å². The number of rotatable bonds is 8. The molecule has 1 unspecified atom stereocenters. The van der Waals surface area contributed by atoms with Gasteiger partial charge < -0.3 is 19.6 Å². The summed E-state index contributed by atoms with van der Waals surface area (Å²) in [6.45, 7) is 3.05. The van der Waals surface area contributed by atoms with E-state index in [-0.39, 0.29) is 19.5 Å². The van der Waals surface area contributed by atoms with Crippen LogP contribution in [0.25, 0.3) is 10.6 Å². The predicted molar refractivity (Wildman–Crippen MR) is 124 cm³/mol. The monoisotopic (exact) mass is 490 g/mol. The van der Waals surface area contributed by atoms with Gasteiger partial charge in [-0.3, -0.25) is 0 Å². The molecule has 0 aliphatic carbocycles. The van der Waals surface area contributed by atoms with Crippen molar-refractivity contribution in [1.82, 2.24) is 4.98 Å². The standard InChI is InChI=1S/C25H25F3N2O3S/c1-16-12-20(10-7-18(16)13-29)32-15-22-21(14-33-23-4-2-3-11-31-23)30-24(34-22)17-5-8-19(9-6-17)25(26,27)28/h5-10,12-13,23,29H,2-4,11,14-15H2,1H3. The maximum absolute atomic E-state index is 12.9. The lowest BCUT2D eigenvalue weighted by atomic mass is 10.1. The molecule has 1 aliphatic rings. The van der Waals surface area contributed by atoms with E-state index in [0.717, 1.165) is 47.4 Å². The largest absolute Gasteiger partial charge is 0.488 e. The van der Waals surface area contributed by atoms with Gasteiger partial charge in [-0.25, -0.2) is 4.98 Å². The van der Waals surface area contributed by atoms with Crippen LogP contribution < -0.4 is 4.74 Å². The number of aromatic nitrogens is 1. The van der Waals surface area contributed by atoms with Gasteiger partial charge in [0.1, 0.15) is 17.4 Å². The van der Waals surface area contributed by atoms with Crippen LogP contribution in [-0.4, -0.2) is 24.1 Å². The summed E-state index contributed by atoms with van der Waals surface area (Å²) >= 11 is 1.37. The molecule has 1 saturated heterocycles. The summed E-state index contributed by atoms with van der Waals surface area (Å²) in [6, 6.07) is 10.5. The van der Waals surface area contributed by atoms with Crippen molar-refractivity contribution in [1.29, 1.82) is 5.41 Å². The highest BCUT2D eigenvalue weighted by molar-refractivity contribution is 7.15. The van der Waals surface area contributed by atoms with E-state index in [1.54, 1.807) is 6.07 Å². The lowest BCUT2D eigenvalue weighted by Crippen LogP contribution is -2.22.